The van der Waals surface area contributed by atoms with Crippen LogP contribution in [-0.4, -0.2) is 74.4 Å². The van der Waals surface area contributed by atoms with Gasteiger partial charge >= 0.3 is 0 Å². The highest BCUT2D eigenvalue weighted by molar-refractivity contribution is 4.85. The smallest absolute Gasteiger partial charge is 0.0707 e. The van der Waals surface area contributed by atoms with E-state index in [-0.39, 0.29) is 0 Å². The predicted molar refractivity (Wildman–Crippen MR) is 74.9 cm³/mol. The molecule has 4 nitrogen and oxygen atoms in total. The molecule has 0 aromatic carbocycles. The number of nitrogens with one attached hydrogen (secondary N) is 1. The minimum Gasteiger partial charge on any atom is -0.372 e. The number of hydrogen-bond acceptors (Lipinski definition) is 4. The van der Waals surface area contributed by atoms with Gasteiger partial charge in [-0.1, -0.05) is 0 Å². The number of piperazine rings is 1. The Morgan fingerprint density at radius 3 is 2.33 bits per heavy atom. The van der Waals surface area contributed by atoms with Crippen molar-refractivity contribution in [2.45, 2.75) is 51.0 Å². The fourth-order valence-corrected chi connectivity index (χ4v) is 3.24. The van der Waals surface area contributed by atoms with Crippen LogP contribution in [0, 0.1) is 0 Å². The summed E-state index contributed by atoms with van der Waals surface area (Å²) in [6.07, 6.45) is 3.32. The van der Waals surface area contributed by atoms with Crippen LogP contribution in [0.15, 0.2) is 0 Å². The van der Waals surface area contributed by atoms with E-state index >= 15 is 0 Å². The van der Waals surface area contributed by atoms with Gasteiger partial charge in [0.1, 0.15) is 0 Å². The summed E-state index contributed by atoms with van der Waals surface area (Å²) in [4.78, 5) is 5.07. The molecule has 2 aliphatic rings. The van der Waals surface area contributed by atoms with Gasteiger partial charge in [0.15, 0.2) is 0 Å². The lowest BCUT2D eigenvalue weighted by atomic mass is 10.1. The molecule has 18 heavy (non-hydrogen) atoms. The summed E-state index contributed by atoms with van der Waals surface area (Å²) >= 11 is 0. The van der Waals surface area contributed by atoms with Crippen LogP contribution in [0.4, 0.5) is 0 Å². The molecule has 0 aromatic heterocycles. The SMILES string of the molecule is CNCC1CCC(CN2CC(C)N(C)C(C)C2)O1. The summed E-state index contributed by atoms with van der Waals surface area (Å²) in [7, 11) is 4.24. The van der Waals surface area contributed by atoms with E-state index in [1.807, 2.05) is 7.05 Å². The van der Waals surface area contributed by atoms with Crippen LogP contribution in [0.3, 0.4) is 0 Å². The fourth-order valence-electron chi connectivity index (χ4n) is 3.24. The van der Waals surface area contributed by atoms with Crippen LogP contribution in [0.5, 0.6) is 0 Å². The van der Waals surface area contributed by atoms with E-state index in [1.165, 1.54) is 25.9 Å². The second-order valence-corrected chi connectivity index (χ2v) is 6.10. The maximum Gasteiger partial charge on any atom is 0.0707 e. The average molecular weight is 255 g/mol. The van der Waals surface area contributed by atoms with Gasteiger partial charge in [0.05, 0.1) is 12.2 Å². The van der Waals surface area contributed by atoms with Crippen molar-refractivity contribution in [3.8, 4) is 0 Å². The first-order valence-corrected chi connectivity index (χ1v) is 7.34. The van der Waals surface area contributed by atoms with Crippen LogP contribution in [-0.2, 0) is 4.74 Å². The van der Waals surface area contributed by atoms with Crippen molar-refractivity contribution < 1.29 is 4.74 Å². The van der Waals surface area contributed by atoms with Gasteiger partial charge in [-0.25, -0.2) is 0 Å². The molecule has 2 heterocycles. The lowest BCUT2D eigenvalue weighted by molar-refractivity contribution is -0.00438. The highest BCUT2D eigenvalue weighted by Gasteiger charge is 2.31. The van der Waals surface area contributed by atoms with E-state index < -0.39 is 0 Å². The Bertz CT molecular complexity index is 249. The van der Waals surface area contributed by atoms with Crippen LogP contribution in [0.25, 0.3) is 0 Å². The summed E-state index contributed by atoms with van der Waals surface area (Å²) in [5, 5.41) is 3.21. The Kier molecular flexibility index (Phi) is 5.01. The van der Waals surface area contributed by atoms with E-state index in [0.717, 1.165) is 13.1 Å². The molecule has 0 aromatic rings. The third kappa shape index (κ3) is 3.44. The molecule has 4 unspecified atom stereocenters. The monoisotopic (exact) mass is 255 g/mol. The molecule has 4 atom stereocenters. The molecule has 0 saturated carbocycles. The molecule has 1 N–H and O–H groups in total. The summed E-state index contributed by atoms with van der Waals surface area (Å²) in [6.45, 7) is 9.10. The molecule has 0 amide bonds. The van der Waals surface area contributed by atoms with Crippen LogP contribution >= 0.6 is 0 Å². The quantitative estimate of drug-likeness (QED) is 0.803. The van der Waals surface area contributed by atoms with Crippen molar-refractivity contribution in [2.24, 2.45) is 0 Å². The maximum absolute atomic E-state index is 6.08. The Labute approximate surface area is 112 Å². The van der Waals surface area contributed by atoms with Gasteiger partial charge in [-0.05, 0) is 40.8 Å². The van der Waals surface area contributed by atoms with Crippen molar-refractivity contribution in [3.05, 3.63) is 0 Å². The largest absolute Gasteiger partial charge is 0.372 e. The van der Waals surface area contributed by atoms with Gasteiger partial charge in [-0.3, -0.25) is 9.80 Å². The van der Waals surface area contributed by atoms with Crippen molar-refractivity contribution in [3.63, 3.8) is 0 Å². The Morgan fingerprint density at radius 1 is 1.11 bits per heavy atom. The summed E-state index contributed by atoms with van der Waals surface area (Å²) < 4.78 is 6.08. The van der Waals surface area contributed by atoms with E-state index in [9.17, 15) is 0 Å². The molecule has 2 aliphatic heterocycles. The van der Waals surface area contributed by atoms with Gasteiger partial charge < -0.3 is 10.1 Å². The molecule has 0 radical (unpaired) electrons. The van der Waals surface area contributed by atoms with E-state index in [1.54, 1.807) is 0 Å². The number of hydrogen-bond donors (Lipinski definition) is 1. The second kappa shape index (κ2) is 6.33. The number of likely N-dealkylation sites (N-methyl/N-ethyl adjacent to an activating group) is 2. The third-order valence-corrected chi connectivity index (χ3v) is 4.52. The molecular weight excluding hydrogens is 226 g/mol. The predicted octanol–water partition coefficient (Wildman–Crippen LogP) is 0.778. The molecule has 0 aliphatic carbocycles. The molecule has 2 fully saturated rings. The van der Waals surface area contributed by atoms with Crippen molar-refractivity contribution in [1.82, 2.24) is 15.1 Å². The van der Waals surface area contributed by atoms with E-state index in [4.69, 9.17) is 4.74 Å². The third-order valence-electron chi connectivity index (χ3n) is 4.52. The van der Waals surface area contributed by atoms with Gasteiger partial charge in [0.25, 0.3) is 0 Å². The minimum atomic E-state index is 0.433. The number of ether oxygens (including phenoxy) is 1. The van der Waals surface area contributed by atoms with Gasteiger partial charge in [-0.15, -0.1) is 0 Å². The van der Waals surface area contributed by atoms with Crippen molar-refractivity contribution in [1.29, 1.82) is 0 Å². The van der Waals surface area contributed by atoms with Crippen molar-refractivity contribution >= 4 is 0 Å². The maximum atomic E-state index is 6.08. The van der Waals surface area contributed by atoms with Gasteiger partial charge in [0.2, 0.25) is 0 Å². The first kappa shape index (κ1) is 14.3. The fraction of sp³-hybridized carbons (Fsp3) is 1.00. The Hall–Kier alpha value is -0.160. The number of rotatable bonds is 4. The lowest BCUT2D eigenvalue weighted by Gasteiger charge is -2.43. The first-order valence-electron chi connectivity index (χ1n) is 7.34. The molecule has 4 heteroatoms. The molecular formula is C14H29N3O. The topological polar surface area (TPSA) is 27.7 Å². The summed E-state index contributed by atoms with van der Waals surface area (Å²) in [5.41, 5.74) is 0. The molecule has 0 spiro atoms. The normalized spacial score (nSPS) is 39.3. The molecule has 2 saturated heterocycles. The lowest BCUT2D eigenvalue weighted by Crippen LogP contribution is -2.56. The van der Waals surface area contributed by atoms with Gasteiger partial charge in [-0.2, -0.15) is 0 Å². The summed E-state index contributed by atoms with van der Waals surface area (Å²) in [5.74, 6) is 0. The highest BCUT2D eigenvalue weighted by Crippen LogP contribution is 2.22. The van der Waals surface area contributed by atoms with E-state index in [0.29, 0.717) is 24.3 Å². The van der Waals surface area contributed by atoms with E-state index in [2.05, 4.69) is 36.0 Å². The second-order valence-electron chi connectivity index (χ2n) is 6.10. The van der Waals surface area contributed by atoms with Gasteiger partial charge in [0, 0.05) is 38.3 Å². The number of nitrogens with zero attached hydrogens (tertiary/aromatic N) is 2. The molecule has 0 bridgehead atoms. The Balaban J connectivity index is 1.77. The van der Waals surface area contributed by atoms with Crippen LogP contribution in [0.2, 0.25) is 0 Å². The minimum absolute atomic E-state index is 0.433. The van der Waals surface area contributed by atoms with Crippen molar-refractivity contribution in [2.75, 3.05) is 40.3 Å². The summed E-state index contributed by atoms with van der Waals surface area (Å²) in [6, 6.07) is 1.31. The van der Waals surface area contributed by atoms with Crippen LogP contribution in [0.1, 0.15) is 26.7 Å². The average Bonchev–Trinajstić information content (AvgIpc) is 2.74. The zero-order valence-electron chi connectivity index (χ0n) is 12.4. The van der Waals surface area contributed by atoms with Crippen LogP contribution < -0.4 is 5.32 Å². The first-order chi connectivity index (χ1) is 8.60. The molecule has 106 valence electrons. The molecule has 2 rings (SSSR count). The zero-order valence-corrected chi connectivity index (χ0v) is 12.4. The Morgan fingerprint density at radius 2 is 1.72 bits per heavy atom. The highest BCUT2D eigenvalue weighted by atomic mass is 16.5. The zero-order chi connectivity index (χ0) is 13.1. The standard InChI is InChI=1S/C14H29N3O/c1-11-8-17(9-12(2)16(11)4)10-14-6-5-13(18-14)7-15-3/h11-15H,5-10H2,1-4H3.